The van der Waals surface area contributed by atoms with Crippen molar-refractivity contribution in [1.29, 1.82) is 5.26 Å². The van der Waals surface area contributed by atoms with Gasteiger partial charge in [-0.2, -0.15) is 5.26 Å². The van der Waals surface area contributed by atoms with E-state index in [0.717, 1.165) is 12.8 Å². The molecule has 0 radical (unpaired) electrons. The zero-order valence-electron chi connectivity index (χ0n) is 11.1. The van der Waals surface area contributed by atoms with Crippen molar-refractivity contribution < 1.29 is 13.5 Å². The van der Waals surface area contributed by atoms with Crippen LogP contribution < -0.4 is 4.72 Å². The normalized spacial score (nSPS) is 23.2. The molecule has 0 saturated heterocycles. The molecule has 0 heterocycles. The largest absolute Gasteiger partial charge is 0.391 e. The predicted molar refractivity (Wildman–Crippen MR) is 75.2 cm³/mol. The molecule has 20 heavy (non-hydrogen) atoms. The molecule has 1 aliphatic carbocycles. The number of aliphatic hydroxyl groups is 1. The Bertz CT molecular complexity index is 607. The number of nitriles is 1. The summed E-state index contributed by atoms with van der Waals surface area (Å²) in [6, 6.07) is 8.22. The van der Waals surface area contributed by atoms with E-state index in [4.69, 9.17) is 5.26 Å². The topological polar surface area (TPSA) is 90.2 Å². The highest BCUT2D eigenvalue weighted by atomic mass is 32.2. The monoisotopic (exact) mass is 294 g/mol. The molecule has 2 rings (SSSR count). The summed E-state index contributed by atoms with van der Waals surface area (Å²) in [5.41, 5.74) is 0.842. The molecule has 0 amide bonds. The van der Waals surface area contributed by atoms with Gasteiger partial charge >= 0.3 is 0 Å². The quantitative estimate of drug-likeness (QED) is 0.875. The minimum atomic E-state index is -3.56. The van der Waals surface area contributed by atoms with E-state index in [9.17, 15) is 13.5 Å². The predicted octanol–water partition coefficient (Wildman–Crippen LogP) is 1.28. The van der Waals surface area contributed by atoms with Gasteiger partial charge in [-0.3, -0.25) is 0 Å². The SMILES string of the molecule is N#Cc1ccccc1CS(=O)(=O)N[C@@H]1CCCC[C@H]1O. The first-order chi connectivity index (χ1) is 9.52. The van der Waals surface area contributed by atoms with Crippen LogP contribution in [0.3, 0.4) is 0 Å². The summed E-state index contributed by atoms with van der Waals surface area (Å²) in [4.78, 5) is 0. The second-order valence-electron chi connectivity index (χ2n) is 5.10. The number of hydrogen-bond donors (Lipinski definition) is 2. The molecule has 2 atom stereocenters. The minimum absolute atomic E-state index is 0.236. The van der Waals surface area contributed by atoms with Crippen molar-refractivity contribution in [3.63, 3.8) is 0 Å². The summed E-state index contributed by atoms with van der Waals surface area (Å²) >= 11 is 0. The number of rotatable bonds is 4. The highest BCUT2D eigenvalue weighted by Gasteiger charge is 2.27. The highest BCUT2D eigenvalue weighted by Crippen LogP contribution is 2.20. The van der Waals surface area contributed by atoms with E-state index < -0.39 is 22.2 Å². The highest BCUT2D eigenvalue weighted by molar-refractivity contribution is 7.88. The van der Waals surface area contributed by atoms with Crippen molar-refractivity contribution in [1.82, 2.24) is 4.72 Å². The van der Waals surface area contributed by atoms with Gasteiger partial charge in [0, 0.05) is 6.04 Å². The van der Waals surface area contributed by atoms with Crippen LogP contribution in [0.15, 0.2) is 24.3 Å². The standard InChI is InChI=1S/C14H18N2O3S/c15-9-11-5-1-2-6-12(11)10-20(18,19)16-13-7-3-4-8-14(13)17/h1-2,5-6,13-14,16-17H,3-4,7-8,10H2/t13-,14-/m1/s1. The smallest absolute Gasteiger partial charge is 0.216 e. The molecule has 0 aliphatic heterocycles. The molecule has 1 fully saturated rings. The summed E-state index contributed by atoms with van der Waals surface area (Å²) in [6.45, 7) is 0. The van der Waals surface area contributed by atoms with Crippen molar-refractivity contribution >= 4 is 10.0 Å². The molecule has 6 heteroatoms. The average molecular weight is 294 g/mol. The fourth-order valence-corrected chi connectivity index (χ4v) is 3.96. The Labute approximate surface area is 119 Å². The first-order valence-corrected chi connectivity index (χ1v) is 8.33. The molecule has 1 aromatic rings. The molecule has 108 valence electrons. The lowest BCUT2D eigenvalue weighted by Crippen LogP contribution is -2.45. The molecular formula is C14H18N2O3S. The van der Waals surface area contributed by atoms with Gasteiger partial charge in [0.25, 0.3) is 0 Å². The number of sulfonamides is 1. The molecule has 1 saturated carbocycles. The third-order valence-electron chi connectivity index (χ3n) is 3.54. The minimum Gasteiger partial charge on any atom is -0.391 e. The lowest BCUT2D eigenvalue weighted by atomic mass is 9.93. The summed E-state index contributed by atoms with van der Waals surface area (Å²) in [5.74, 6) is -0.236. The van der Waals surface area contributed by atoms with Gasteiger partial charge in [-0.15, -0.1) is 0 Å². The zero-order chi connectivity index (χ0) is 14.6. The number of hydrogen-bond acceptors (Lipinski definition) is 4. The second kappa shape index (κ2) is 6.35. The lowest BCUT2D eigenvalue weighted by Gasteiger charge is -2.28. The van der Waals surface area contributed by atoms with E-state index in [1.54, 1.807) is 24.3 Å². The van der Waals surface area contributed by atoms with Crippen molar-refractivity contribution in [3.05, 3.63) is 35.4 Å². The van der Waals surface area contributed by atoms with Crippen LogP contribution in [0.2, 0.25) is 0 Å². The molecule has 1 aliphatic rings. The van der Waals surface area contributed by atoms with Gasteiger partial charge < -0.3 is 5.11 Å². The average Bonchev–Trinajstić information content (AvgIpc) is 2.41. The molecule has 0 bridgehead atoms. The Hall–Kier alpha value is -1.42. The number of nitrogens with one attached hydrogen (secondary N) is 1. The third kappa shape index (κ3) is 3.79. The molecule has 0 spiro atoms. The number of benzene rings is 1. The van der Waals surface area contributed by atoms with Crippen LogP contribution in [0.4, 0.5) is 0 Å². The van der Waals surface area contributed by atoms with Crippen LogP contribution >= 0.6 is 0 Å². The van der Waals surface area contributed by atoms with E-state index >= 15 is 0 Å². The van der Waals surface area contributed by atoms with Crippen LogP contribution in [-0.2, 0) is 15.8 Å². The van der Waals surface area contributed by atoms with Gasteiger partial charge in [-0.1, -0.05) is 31.0 Å². The van der Waals surface area contributed by atoms with E-state index in [1.807, 2.05) is 6.07 Å². The maximum atomic E-state index is 12.2. The fourth-order valence-electron chi connectivity index (χ4n) is 2.48. The molecule has 5 nitrogen and oxygen atoms in total. The first-order valence-electron chi connectivity index (χ1n) is 6.68. The van der Waals surface area contributed by atoms with Gasteiger partial charge in [0.1, 0.15) is 0 Å². The van der Waals surface area contributed by atoms with Crippen LogP contribution in [0.1, 0.15) is 36.8 Å². The molecule has 1 aromatic carbocycles. The van der Waals surface area contributed by atoms with Crippen LogP contribution in [-0.4, -0.2) is 25.7 Å². The number of nitrogens with zero attached hydrogens (tertiary/aromatic N) is 1. The second-order valence-corrected chi connectivity index (χ2v) is 6.86. The maximum absolute atomic E-state index is 12.2. The van der Waals surface area contributed by atoms with Gasteiger partial charge in [0.15, 0.2) is 0 Å². The van der Waals surface area contributed by atoms with Crippen molar-refractivity contribution in [3.8, 4) is 6.07 Å². The van der Waals surface area contributed by atoms with Crippen molar-refractivity contribution in [2.24, 2.45) is 0 Å². The van der Waals surface area contributed by atoms with Gasteiger partial charge in [-0.25, -0.2) is 13.1 Å². The Morgan fingerprint density at radius 2 is 2.00 bits per heavy atom. The van der Waals surface area contributed by atoms with Crippen LogP contribution in [0.25, 0.3) is 0 Å². The Kier molecular flexibility index (Phi) is 4.76. The Morgan fingerprint density at radius 1 is 1.30 bits per heavy atom. The summed E-state index contributed by atoms with van der Waals surface area (Å²) in [6.07, 6.45) is 2.50. The Balaban J connectivity index is 2.09. The maximum Gasteiger partial charge on any atom is 0.216 e. The van der Waals surface area contributed by atoms with E-state index in [2.05, 4.69) is 4.72 Å². The summed E-state index contributed by atoms with van der Waals surface area (Å²) in [7, 11) is -3.56. The number of aliphatic hydroxyl groups excluding tert-OH is 1. The van der Waals surface area contributed by atoms with Crippen molar-refractivity contribution in [2.75, 3.05) is 0 Å². The van der Waals surface area contributed by atoms with Gasteiger partial charge in [0.2, 0.25) is 10.0 Å². The van der Waals surface area contributed by atoms with Gasteiger partial charge in [0.05, 0.1) is 23.5 Å². The molecular weight excluding hydrogens is 276 g/mol. The molecule has 2 N–H and O–H groups in total. The zero-order valence-corrected chi connectivity index (χ0v) is 11.9. The summed E-state index contributed by atoms with van der Waals surface area (Å²) < 4.78 is 26.9. The van der Waals surface area contributed by atoms with Crippen LogP contribution in [0, 0.1) is 11.3 Å². The Morgan fingerprint density at radius 3 is 2.70 bits per heavy atom. The molecule has 0 aromatic heterocycles. The van der Waals surface area contributed by atoms with Gasteiger partial charge in [-0.05, 0) is 24.5 Å². The van der Waals surface area contributed by atoms with Crippen molar-refractivity contribution in [2.45, 2.75) is 43.6 Å². The first kappa shape index (κ1) is 15.0. The van der Waals surface area contributed by atoms with E-state index in [0.29, 0.717) is 24.0 Å². The van der Waals surface area contributed by atoms with E-state index in [-0.39, 0.29) is 5.75 Å². The lowest BCUT2D eigenvalue weighted by molar-refractivity contribution is 0.101. The third-order valence-corrected chi connectivity index (χ3v) is 4.90. The molecule has 0 unspecified atom stereocenters. The van der Waals surface area contributed by atoms with E-state index in [1.165, 1.54) is 0 Å². The summed E-state index contributed by atoms with van der Waals surface area (Å²) in [5, 5.41) is 18.8. The fraction of sp³-hybridized carbons (Fsp3) is 0.500. The van der Waals surface area contributed by atoms with Crippen LogP contribution in [0.5, 0.6) is 0 Å².